The number of Topliss-reactive ketones (excluding diaryl/α,β-unsaturated/α-hetero) is 1. The molecule has 1 unspecified atom stereocenters. The fourth-order valence-corrected chi connectivity index (χ4v) is 4.82. The monoisotopic (exact) mass is 513 g/mol. The van der Waals surface area contributed by atoms with Gasteiger partial charge < -0.3 is 14.6 Å². The van der Waals surface area contributed by atoms with Crippen LogP contribution in [0.2, 0.25) is 0 Å². The van der Waals surface area contributed by atoms with Crippen LogP contribution in [-0.2, 0) is 25.5 Å². The lowest BCUT2D eigenvalue weighted by atomic mass is 9.92. The van der Waals surface area contributed by atoms with Crippen molar-refractivity contribution in [3.63, 3.8) is 0 Å². The average molecular weight is 514 g/mol. The van der Waals surface area contributed by atoms with E-state index >= 15 is 0 Å². The van der Waals surface area contributed by atoms with E-state index in [4.69, 9.17) is 9.47 Å². The van der Waals surface area contributed by atoms with Gasteiger partial charge in [0.1, 0.15) is 11.5 Å². The molecule has 38 heavy (non-hydrogen) atoms. The van der Waals surface area contributed by atoms with Crippen LogP contribution in [0.1, 0.15) is 46.3 Å². The largest absolute Gasteiger partial charge is 0.507 e. The highest BCUT2D eigenvalue weighted by atomic mass is 16.5. The van der Waals surface area contributed by atoms with E-state index in [2.05, 4.69) is 0 Å². The molecular formula is C31H31NO6. The van der Waals surface area contributed by atoms with Crippen LogP contribution in [0, 0.1) is 20.8 Å². The maximum Gasteiger partial charge on any atom is 0.310 e. The second-order valence-corrected chi connectivity index (χ2v) is 9.37. The number of carbonyl (C=O) groups is 3. The van der Waals surface area contributed by atoms with Crippen molar-refractivity contribution >= 4 is 29.1 Å². The Bertz CT molecular complexity index is 1440. The molecule has 0 spiro atoms. The third kappa shape index (κ3) is 5.05. The molecule has 4 rings (SSSR count). The van der Waals surface area contributed by atoms with E-state index in [0.717, 1.165) is 16.7 Å². The summed E-state index contributed by atoms with van der Waals surface area (Å²) in [7, 11) is 1.57. The Kier molecular flexibility index (Phi) is 7.67. The zero-order chi connectivity index (χ0) is 27.6. The van der Waals surface area contributed by atoms with Crippen LogP contribution in [0.3, 0.4) is 0 Å². The summed E-state index contributed by atoms with van der Waals surface area (Å²) in [6.45, 7) is 7.64. The second-order valence-electron chi connectivity index (χ2n) is 9.37. The molecule has 196 valence electrons. The number of hydrogen-bond donors (Lipinski definition) is 1. The zero-order valence-electron chi connectivity index (χ0n) is 22.2. The summed E-state index contributed by atoms with van der Waals surface area (Å²) >= 11 is 0. The smallest absolute Gasteiger partial charge is 0.310 e. The molecule has 3 aromatic carbocycles. The highest BCUT2D eigenvalue weighted by Gasteiger charge is 2.47. The maximum atomic E-state index is 13.5. The Balaban J connectivity index is 1.86. The lowest BCUT2D eigenvalue weighted by Crippen LogP contribution is -2.29. The molecule has 7 nitrogen and oxygen atoms in total. The lowest BCUT2D eigenvalue weighted by molar-refractivity contribution is -0.142. The van der Waals surface area contributed by atoms with E-state index in [0.29, 0.717) is 34.7 Å². The van der Waals surface area contributed by atoms with Gasteiger partial charge >= 0.3 is 5.97 Å². The van der Waals surface area contributed by atoms with Crippen molar-refractivity contribution in [2.45, 2.75) is 40.2 Å². The number of benzene rings is 3. The first-order chi connectivity index (χ1) is 18.2. The predicted molar refractivity (Wildman–Crippen MR) is 145 cm³/mol. The summed E-state index contributed by atoms with van der Waals surface area (Å²) in [6.07, 6.45) is 0.102. The van der Waals surface area contributed by atoms with Gasteiger partial charge in [-0.15, -0.1) is 0 Å². The summed E-state index contributed by atoms with van der Waals surface area (Å²) in [5, 5.41) is 11.5. The number of aliphatic hydroxyl groups is 1. The number of ketones is 1. The van der Waals surface area contributed by atoms with Gasteiger partial charge in [-0.1, -0.05) is 42.0 Å². The molecule has 0 bridgehead atoms. The van der Waals surface area contributed by atoms with Crippen LogP contribution in [-0.4, -0.2) is 36.5 Å². The summed E-state index contributed by atoms with van der Waals surface area (Å²) in [6, 6.07) is 17.1. The Morgan fingerprint density at radius 1 is 0.974 bits per heavy atom. The molecule has 1 heterocycles. The minimum atomic E-state index is -0.840. The number of nitrogens with zero attached hydrogens (tertiary/aromatic N) is 1. The fraction of sp³-hybridized carbons (Fsp3) is 0.258. The van der Waals surface area contributed by atoms with Crippen molar-refractivity contribution in [2.24, 2.45) is 0 Å². The van der Waals surface area contributed by atoms with Crippen molar-refractivity contribution < 1.29 is 29.0 Å². The summed E-state index contributed by atoms with van der Waals surface area (Å²) < 4.78 is 10.4. The first-order valence-corrected chi connectivity index (χ1v) is 12.4. The van der Waals surface area contributed by atoms with Gasteiger partial charge in [0.05, 0.1) is 31.8 Å². The average Bonchev–Trinajstić information content (AvgIpc) is 3.15. The topological polar surface area (TPSA) is 93.1 Å². The normalized spacial score (nSPS) is 16.6. The fourth-order valence-electron chi connectivity index (χ4n) is 4.82. The summed E-state index contributed by atoms with van der Waals surface area (Å²) in [4.78, 5) is 40.2. The molecule has 1 aliphatic heterocycles. The third-order valence-electron chi connectivity index (χ3n) is 6.67. The Labute approximate surface area is 222 Å². The number of amides is 1. The number of carbonyl (C=O) groups excluding carboxylic acids is 3. The molecule has 3 aromatic rings. The van der Waals surface area contributed by atoms with Gasteiger partial charge in [-0.2, -0.15) is 0 Å². The van der Waals surface area contributed by atoms with Gasteiger partial charge in [0.15, 0.2) is 0 Å². The minimum Gasteiger partial charge on any atom is -0.507 e. The Morgan fingerprint density at radius 3 is 2.32 bits per heavy atom. The van der Waals surface area contributed by atoms with E-state index in [1.54, 1.807) is 50.4 Å². The van der Waals surface area contributed by atoms with Gasteiger partial charge in [-0.25, -0.2) is 0 Å². The first kappa shape index (κ1) is 26.7. The maximum absolute atomic E-state index is 13.5. The standard InChI is InChI=1S/C31H31NO6/c1-6-38-26(33)17-21-10-12-23(13-11-21)32-28(22-9-7-8-18(2)14-22)27(30(35)31(32)36)29(34)24-15-20(4)25(37-5)16-19(24)3/h7-16,28,34H,6,17H2,1-5H3/b29-27+. The van der Waals surface area contributed by atoms with E-state index < -0.39 is 17.7 Å². The highest BCUT2D eigenvalue weighted by Crippen LogP contribution is 2.43. The molecular weight excluding hydrogens is 482 g/mol. The number of aliphatic hydroxyl groups excluding tert-OH is 1. The second kappa shape index (κ2) is 10.9. The van der Waals surface area contributed by atoms with Crippen LogP contribution in [0.5, 0.6) is 5.75 Å². The van der Waals surface area contributed by atoms with Crippen molar-refractivity contribution in [3.05, 3.63) is 99.6 Å². The number of esters is 1. The van der Waals surface area contributed by atoms with Gasteiger partial charge in [-0.3, -0.25) is 19.3 Å². The summed E-state index contributed by atoms with van der Waals surface area (Å²) in [5.74, 6) is -1.42. The first-order valence-electron chi connectivity index (χ1n) is 12.4. The van der Waals surface area contributed by atoms with Crippen LogP contribution in [0.15, 0.2) is 66.2 Å². The Morgan fingerprint density at radius 2 is 1.68 bits per heavy atom. The molecule has 1 atom stereocenters. The van der Waals surface area contributed by atoms with E-state index in [9.17, 15) is 19.5 Å². The summed E-state index contributed by atoms with van der Waals surface area (Å²) in [5.41, 5.74) is 4.83. The van der Waals surface area contributed by atoms with Crippen molar-refractivity contribution in [1.29, 1.82) is 0 Å². The van der Waals surface area contributed by atoms with Crippen molar-refractivity contribution in [3.8, 4) is 5.75 Å². The molecule has 1 amide bonds. The van der Waals surface area contributed by atoms with E-state index in [-0.39, 0.29) is 23.7 Å². The van der Waals surface area contributed by atoms with Crippen LogP contribution >= 0.6 is 0 Å². The SMILES string of the molecule is CCOC(=O)Cc1ccc(N2C(=O)C(=O)/C(=C(/O)c3cc(C)c(OC)cc3C)C2c2cccc(C)c2)cc1. The number of anilines is 1. The molecule has 1 N–H and O–H groups in total. The van der Waals surface area contributed by atoms with Gasteiger partial charge in [0.25, 0.3) is 11.7 Å². The number of methoxy groups -OCH3 is 1. The number of aryl methyl sites for hydroxylation is 3. The van der Waals surface area contributed by atoms with Crippen molar-refractivity contribution in [1.82, 2.24) is 0 Å². The van der Waals surface area contributed by atoms with Gasteiger partial charge in [-0.05, 0) is 74.2 Å². The molecule has 0 radical (unpaired) electrons. The van der Waals surface area contributed by atoms with Crippen LogP contribution in [0.25, 0.3) is 5.76 Å². The van der Waals surface area contributed by atoms with Crippen molar-refractivity contribution in [2.75, 3.05) is 18.6 Å². The molecule has 7 heteroatoms. The van der Waals surface area contributed by atoms with Gasteiger partial charge in [0.2, 0.25) is 0 Å². The lowest BCUT2D eigenvalue weighted by Gasteiger charge is -2.26. The molecule has 0 aromatic heterocycles. The van der Waals surface area contributed by atoms with E-state index in [1.807, 2.05) is 45.0 Å². The quantitative estimate of drug-likeness (QED) is 0.198. The Hall–Kier alpha value is -4.39. The molecule has 1 aliphatic rings. The molecule has 1 fully saturated rings. The van der Waals surface area contributed by atoms with E-state index in [1.165, 1.54) is 4.90 Å². The molecule has 0 saturated carbocycles. The third-order valence-corrected chi connectivity index (χ3v) is 6.67. The number of ether oxygens (including phenoxy) is 2. The van der Waals surface area contributed by atoms with Crippen LogP contribution in [0.4, 0.5) is 5.69 Å². The van der Waals surface area contributed by atoms with Crippen LogP contribution < -0.4 is 9.64 Å². The number of rotatable bonds is 7. The predicted octanol–water partition coefficient (Wildman–Crippen LogP) is 5.35. The number of hydrogen-bond acceptors (Lipinski definition) is 6. The molecule has 0 aliphatic carbocycles. The zero-order valence-corrected chi connectivity index (χ0v) is 22.2. The molecule has 1 saturated heterocycles. The van der Waals surface area contributed by atoms with Gasteiger partial charge in [0, 0.05) is 11.3 Å². The minimum absolute atomic E-state index is 0.0175. The highest BCUT2D eigenvalue weighted by molar-refractivity contribution is 6.51.